The molecule has 0 aliphatic rings. The normalized spacial score (nSPS) is 12.9. The Kier molecular flexibility index (Phi) is 5.97. The van der Waals surface area contributed by atoms with Gasteiger partial charge in [-0.1, -0.05) is 19.9 Å². The van der Waals surface area contributed by atoms with Crippen LogP contribution in [0, 0.1) is 16.2 Å². The number of nitrogens with zero attached hydrogens (tertiary/aromatic N) is 1. The van der Waals surface area contributed by atoms with Crippen LogP contribution in [0.5, 0.6) is 0 Å². The van der Waals surface area contributed by atoms with Gasteiger partial charge < -0.3 is 0 Å². The molecule has 0 saturated heterocycles. The molecule has 0 heterocycles. The minimum absolute atomic E-state index is 0.0157. The summed E-state index contributed by atoms with van der Waals surface area (Å²) in [6.45, 7) is 2.97. The lowest BCUT2D eigenvalue weighted by Crippen LogP contribution is -2.50. The first kappa shape index (κ1) is 22.6. The quantitative estimate of drug-likeness (QED) is 0.315. The molecule has 0 aliphatic heterocycles. The molecule has 2 aromatic rings. The van der Waals surface area contributed by atoms with Crippen LogP contribution in [0.25, 0.3) is 11.1 Å². The van der Waals surface area contributed by atoms with Crippen molar-refractivity contribution in [1.29, 1.82) is 0 Å². The molecule has 0 saturated carbocycles. The van der Waals surface area contributed by atoms with Crippen LogP contribution < -0.4 is 0 Å². The maximum Gasteiger partial charge on any atom is 0.435 e. The summed E-state index contributed by atoms with van der Waals surface area (Å²) in [6, 6.07) is 7.06. The first-order valence-corrected chi connectivity index (χ1v) is 8.43. The molecule has 0 N–H and O–H groups in total. The third kappa shape index (κ3) is 3.92. The van der Waals surface area contributed by atoms with E-state index in [-0.39, 0.29) is 29.5 Å². The molecule has 2 aromatic carbocycles. The number of hydrogen-bond donors (Lipinski definition) is 0. The predicted octanol–water partition coefficient (Wildman–Crippen LogP) is 6.48. The van der Waals surface area contributed by atoms with Gasteiger partial charge in [-0.3, -0.25) is 10.1 Å². The molecule has 10 heteroatoms. The number of halogens is 7. The summed E-state index contributed by atoms with van der Waals surface area (Å²) in [7, 11) is 0. The van der Waals surface area contributed by atoms with E-state index in [1.165, 1.54) is 13.8 Å². The van der Waals surface area contributed by atoms with Crippen molar-refractivity contribution in [3.63, 3.8) is 0 Å². The number of alkyl halides is 7. The summed E-state index contributed by atoms with van der Waals surface area (Å²) in [5, 5.41) is 10.8. The average Bonchev–Trinajstić information content (AvgIpc) is 2.64. The van der Waals surface area contributed by atoms with Gasteiger partial charge in [0.15, 0.2) is 0 Å². The summed E-state index contributed by atoms with van der Waals surface area (Å²) >= 11 is 0. The van der Waals surface area contributed by atoms with Crippen LogP contribution >= 0.6 is 0 Å². The Balaban J connectivity index is 2.95. The van der Waals surface area contributed by atoms with Gasteiger partial charge in [-0.15, -0.1) is 0 Å². The van der Waals surface area contributed by atoms with Crippen LogP contribution in [0.1, 0.15) is 30.5 Å². The molecule has 0 aromatic heterocycles. The zero-order chi connectivity index (χ0) is 22.2. The second-order valence-corrected chi connectivity index (χ2v) is 6.23. The van der Waals surface area contributed by atoms with E-state index in [4.69, 9.17) is 0 Å². The Morgan fingerprint density at radius 2 is 1.45 bits per heavy atom. The molecule has 0 aliphatic carbocycles. The Bertz CT molecular complexity index is 888. The van der Waals surface area contributed by atoms with Crippen LogP contribution in [0.15, 0.2) is 30.3 Å². The zero-order valence-electron chi connectivity index (χ0n) is 15.2. The number of hydrogen-bond acceptors (Lipinski definition) is 2. The van der Waals surface area contributed by atoms with Gasteiger partial charge in [0.1, 0.15) is 0 Å². The highest BCUT2D eigenvalue weighted by molar-refractivity contribution is 5.74. The minimum Gasteiger partial charge on any atom is -0.258 e. The molecule has 3 nitrogen and oxygen atoms in total. The van der Waals surface area contributed by atoms with E-state index < -0.39 is 39.8 Å². The van der Waals surface area contributed by atoms with Crippen LogP contribution in [-0.4, -0.2) is 17.3 Å². The molecule has 0 unspecified atom stereocenters. The average molecular weight is 422 g/mol. The summed E-state index contributed by atoms with van der Waals surface area (Å²) in [5.41, 5.74) is -8.55. The molecule has 0 fully saturated rings. The lowest BCUT2D eigenvalue weighted by Gasteiger charge is -2.33. The van der Waals surface area contributed by atoms with Gasteiger partial charge in [-0.05, 0) is 53.3 Å². The molecule has 0 spiro atoms. The van der Waals surface area contributed by atoms with Crippen molar-refractivity contribution in [3.05, 3.63) is 63.2 Å². The second-order valence-electron chi connectivity index (χ2n) is 6.23. The molecule has 0 bridgehead atoms. The number of rotatable bonds is 5. The third-order valence-electron chi connectivity index (χ3n) is 4.45. The van der Waals surface area contributed by atoms with Crippen molar-refractivity contribution in [1.82, 2.24) is 0 Å². The van der Waals surface area contributed by atoms with E-state index in [0.29, 0.717) is 6.07 Å². The first-order valence-electron chi connectivity index (χ1n) is 8.43. The summed E-state index contributed by atoms with van der Waals surface area (Å²) in [4.78, 5) is 10.0. The fourth-order valence-electron chi connectivity index (χ4n) is 2.97. The van der Waals surface area contributed by atoms with Crippen molar-refractivity contribution >= 4 is 5.69 Å². The van der Waals surface area contributed by atoms with E-state index >= 15 is 0 Å². The van der Waals surface area contributed by atoms with Gasteiger partial charge in [0, 0.05) is 17.7 Å². The molecule has 157 valence electrons. The monoisotopic (exact) mass is 422 g/mol. The standard InChI is InChI=1S/C19H15F7NO2/c1-3-11-9-12(4-2)16(13-5-7-14(8-6-13)27(28)29)15(10-11)17(20,18(21,22)23)19(24,25)26/h5-8,10H,3-4H2,1-2H3. The van der Waals surface area contributed by atoms with Crippen LogP contribution in [0.3, 0.4) is 0 Å². The van der Waals surface area contributed by atoms with Crippen LogP contribution in [-0.2, 0) is 18.5 Å². The van der Waals surface area contributed by atoms with Crippen molar-refractivity contribution in [2.24, 2.45) is 0 Å². The fourth-order valence-corrected chi connectivity index (χ4v) is 2.97. The highest BCUT2D eigenvalue weighted by atomic mass is 19.4. The van der Waals surface area contributed by atoms with Crippen molar-refractivity contribution < 1.29 is 35.7 Å². The Morgan fingerprint density at radius 3 is 1.83 bits per heavy atom. The molecule has 0 atom stereocenters. The van der Waals surface area contributed by atoms with Gasteiger partial charge in [0.05, 0.1) is 4.92 Å². The lowest BCUT2D eigenvalue weighted by atomic mass is 9.82. The Morgan fingerprint density at radius 1 is 0.931 bits per heavy atom. The van der Waals surface area contributed by atoms with E-state index in [1.54, 1.807) is 0 Å². The van der Waals surface area contributed by atoms with Gasteiger partial charge in [-0.25, -0.2) is 4.39 Å². The summed E-state index contributed by atoms with van der Waals surface area (Å²) < 4.78 is 95.5. The van der Waals surface area contributed by atoms with Crippen LogP contribution in [0.4, 0.5) is 36.4 Å². The van der Waals surface area contributed by atoms with Gasteiger partial charge >= 0.3 is 18.0 Å². The van der Waals surface area contributed by atoms with Gasteiger partial charge in [0.25, 0.3) is 5.69 Å². The zero-order valence-corrected chi connectivity index (χ0v) is 15.2. The van der Waals surface area contributed by atoms with Gasteiger partial charge in [0.2, 0.25) is 0 Å². The lowest BCUT2D eigenvalue weighted by molar-refractivity contribution is -0.384. The van der Waals surface area contributed by atoms with E-state index in [1.807, 2.05) is 0 Å². The predicted molar refractivity (Wildman–Crippen MR) is 91.0 cm³/mol. The number of non-ortho nitro benzene ring substituents is 1. The number of nitro benzene ring substituents is 1. The Labute approximate surface area is 161 Å². The minimum atomic E-state index is -6.28. The van der Waals surface area contributed by atoms with Gasteiger partial charge in [-0.2, -0.15) is 26.3 Å². The SMILES string of the molecule is CCc1[c]c(CC)c(-c2ccc([N+](=O)[O-])cc2)c(C(F)(C(F)(F)F)C(F)(F)F)c1. The second kappa shape index (κ2) is 7.64. The number of aryl methyl sites for hydroxylation is 2. The topological polar surface area (TPSA) is 43.1 Å². The maximum absolute atomic E-state index is 15.0. The molecule has 29 heavy (non-hydrogen) atoms. The van der Waals surface area contributed by atoms with Crippen molar-refractivity contribution in [2.45, 2.75) is 44.7 Å². The highest BCUT2D eigenvalue weighted by Gasteiger charge is 2.74. The summed E-state index contributed by atoms with van der Waals surface area (Å²) in [6.07, 6.45) is -12.6. The summed E-state index contributed by atoms with van der Waals surface area (Å²) in [5.74, 6) is 0. The molecule has 1 radical (unpaired) electrons. The molecular formula is C19H15F7NO2. The highest BCUT2D eigenvalue weighted by Crippen LogP contribution is 2.56. The largest absolute Gasteiger partial charge is 0.435 e. The van der Waals surface area contributed by atoms with E-state index in [9.17, 15) is 40.8 Å². The molecular weight excluding hydrogens is 407 g/mol. The van der Waals surface area contributed by atoms with E-state index in [2.05, 4.69) is 6.07 Å². The number of benzene rings is 2. The fraction of sp³-hybridized carbons (Fsp3) is 0.368. The Hall–Kier alpha value is -2.65. The third-order valence-corrected chi connectivity index (χ3v) is 4.45. The first-order chi connectivity index (χ1) is 13.3. The maximum atomic E-state index is 15.0. The van der Waals surface area contributed by atoms with E-state index in [0.717, 1.165) is 24.3 Å². The van der Waals surface area contributed by atoms with Crippen molar-refractivity contribution in [3.8, 4) is 11.1 Å². The van der Waals surface area contributed by atoms with Crippen molar-refractivity contribution in [2.75, 3.05) is 0 Å². The molecule has 2 rings (SSSR count). The smallest absolute Gasteiger partial charge is 0.258 e. The van der Waals surface area contributed by atoms with Crippen LogP contribution in [0.2, 0.25) is 0 Å². The molecule has 0 amide bonds. The number of nitro groups is 1.